The van der Waals surface area contributed by atoms with Gasteiger partial charge in [-0.2, -0.15) is 0 Å². The van der Waals surface area contributed by atoms with Crippen LogP contribution < -0.4 is 0 Å². The van der Waals surface area contributed by atoms with Gasteiger partial charge in [0.2, 0.25) is 0 Å². The molecule has 0 amide bonds. The highest BCUT2D eigenvalue weighted by atomic mass is 14.4. The summed E-state index contributed by atoms with van der Waals surface area (Å²) in [6.45, 7) is 17.5. The second kappa shape index (κ2) is 23.8. The van der Waals surface area contributed by atoms with E-state index in [0.717, 1.165) is 12.8 Å². The van der Waals surface area contributed by atoms with Crippen LogP contribution in [0.15, 0.2) is 218 Å². The van der Waals surface area contributed by atoms with E-state index in [1.807, 2.05) is 32.0 Å². The summed E-state index contributed by atoms with van der Waals surface area (Å²) in [4.78, 5) is 0. The molecule has 0 N–H and O–H groups in total. The standard InChI is InChI=1S/C31H34.C25H20.C7H8.C2H6/c1-6-7-8-14-24(20-23(3)26-15-10-9-13-22(26)2)25-18-19-28-27-16-11-12-17-29(27)31(4,5)30(28)21-25;1-3-7-22(8-4-1)24-15-11-20(12-16-24)19-21-13-17-25(18-14-21)23-9-5-2-6-10-23;1-7-5-3-2-4-6-7;1-2/h9-21H,6-8H2,1-5H3;1-18H,19H2;2-6H,1H3;1-2H3/b23-20+,24-14+;;;. The summed E-state index contributed by atoms with van der Waals surface area (Å²) in [6, 6.07) is 73.7. The van der Waals surface area contributed by atoms with E-state index in [9.17, 15) is 0 Å². The third-order valence-electron chi connectivity index (χ3n) is 12.3. The monoisotopic (exact) mass is 849 g/mol. The van der Waals surface area contributed by atoms with Crippen molar-refractivity contribution >= 4 is 11.1 Å². The zero-order valence-electron chi connectivity index (χ0n) is 40.1. The topological polar surface area (TPSA) is 0 Å². The Hall–Kier alpha value is -6.76. The average Bonchev–Trinajstić information content (AvgIpc) is 3.58. The van der Waals surface area contributed by atoms with Crippen LogP contribution in [-0.2, 0) is 11.8 Å². The Morgan fingerprint density at radius 2 is 0.969 bits per heavy atom. The van der Waals surface area contributed by atoms with Crippen molar-refractivity contribution < 1.29 is 0 Å². The summed E-state index contributed by atoms with van der Waals surface area (Å²) in [5.41, 5.74) is 21.4. The van der Waals surface area contributed by atoms with E-state index in [1.165, 1.54) is 102 Å². The molecule has 65 heavy (non-hydrogen) atoms. The van der Waals surface area contributed by atoms with Gasteiger partial charge in [0.05, 0.1) is 0 Å². The van der Waals surface area contributed by atoms with Crippen molar-refractivity contribution in [2.45, 2.75) is 86.5 Å². The molecule has 0 heteroatoms. The lowest BCUT2D eigenvalue weighted by Crippen LogP contribution is -2.15. The SMILES string of the molecule is CC.CCCC/C=C(\C=C(/C)c1ccccc1C)c1ccc2c(c1)C(C)(C)c1ccccc1-2.Cc1ccccc1.c1ccc(-c2ccc(Cc3ccc(-c4ccccc4)cc3)cc2)cc1. The molecule has 0 atom stereocenters. The molecule has 0 saturated carbocycles. The molecule has 0 bridgehead atoms. The van der Waals surface area contributed by atoms with Crippen molar-refractivity contribution in [1.82, 2.24) is 0 Å². The lowest BCUT2D eigenvalue weighted by Gasteiger charge is -2.22. The Morgan fingerprint density at radius 3 is 1.49 bits per heavy atom. The predicted molar refractivity (Wildman–Crippen MR) is 285 cm³/mol. The molecule has 0 unspecified atom stereocenters. The van der Waals surface area contributed by atoms with Crippen LogP contribution in [0.25, 0.3) is 44.5 Å². The molecule has 0 nitrogen and oxygen atoms in total. The first-order valence-corrected chi connectivity index (χ1v) is 23.7. The highest BCUT2D eigenvalue weighted by Crippen LogP contribution is 2.49. The summed E-state index contributed by atoms with van der Waals surface area (Å²) >= 11 is 0. The van der Waals surface area contributed by atoms with E-state index in [1.54, 1.807) is 0 Å². The number of fused-ring (bicyclic) bond motifs is 3. The van der Waals surface area contributed by atoms with Crippen molar-refractivity contribution in [3.63, 3.8) is 0 Å². The number of hydrogen-bond acceptors (Lipinski definition) is 0. The minimum atomic E-state index is 0.0330. The van der Waals surface area contributed by atoms with E-state index >= 15 is 0 Å². The Balaban J connectivity index is 0.000000184. The Bertz CT molecular complexity index is 2650. The molecule has 328 valence electrons. The van der Waals surface area contributed by atoms with Gasteiger partial charge in [0.15, 0.2) is 0 Å². The first-order chi connectivity index (χ1) is 31.7. The van der Waals surface area contributed by atoms with Gasteiger partial charge >= 0.3 is 0 Å². The number of allylic oxidation sites excluding steroid dienone is 4. The lowest BCUT2D eigenvalue weighted by atomic mass is 9.81. The highest BCUT2D eigenvalue weighted by Gasteiger charge is 2.35. The van der Waals surface area contributed by atoms with Crippen LogP contribution in [0.3, 0.4) is 0 Å². The van der Waals surface area contributed by atoms with Crippen molar-refractivity contribution in [2.24, 2.45) is 0 Å². The third kappa shape index (κ3) is 12.7. The van der Waals surface area contributed by atoms with Gasteiger partial charge < -0.3 is 0 Å². The molecule has 0 radical (unpaired) electrons. The van der Waals surface area contributed by atoms with Gasteiger partial charge in [-0.25, -0.2) is 0 Å². The van der Waals surface area contributed by atoms with Gasteiger partial charge in [0, 0.05) is 5.41 Å². The van der Waals surface area contributed by atoms with Gasteiger partial charge in [-0.3, -0.25) is 0 Å². The Morgan fingerprint density at radius 1 is 0.492 bits per heavy atom. The number of unbranched alkanes of at least 4 members (excludes halogenated alkanes) is 2. The Labute approximate surface area is 392 Å². The molecule has 8 aromatic rings. The molecule has 1 aliphatic carbocycles. The van der Waals surface area contributed by atoms with E-state index in [0.29, 0.717) is 0 Å². The minimum Gasteiger partial charge on any atom is -0.0767 e. The van der Waals surface area contributed by atoms with Crippen molar-refractivity contribution in [3.8, 4) is 33.4 Å². The molecule has 0 saturated heterocycles. The molecule has 9 rings (SSSR count). The number of rotatable bonds is 10. The van der Waals surface area contributed by atoms with Crippen molar-refractivity contribution in [2.75, 3.05) is 0 Å². The fourth-order valence-corrected chi connectivity index (χ4v) is 8.59. The zero-order chi connectivity index (χ0) is 46.0. The summed E-state index contributed by atoms with van der Waals surface area (Å²) in [7, 11) is 0. The van der Waals surface area contributed by atoms with Gasteiger partial charge in [0.1, 0.15) is 0 Å². The second-order valence-corrected chi connectivity index (χ2v) is 17.3. The molecule has 0 aromatic heterocycles. The van der Waals surface area contributed by atoms with E-state index in [4.69, 9.17) is 0 Å². The second-order valence-electron chi connectivity index (χ2n) is 17.3. The molecular weight excluding hydrogens is 781 g/mol. The fourth-order valence-electron chi connectivity index (χ4n) is 8.59. The number of hydrogen-bond donors (Lipinski definition) is 0. The molecule has 0 spiro atoms. The van der Waals surface area contributed by atoms with E-state index < -0.39 is 0 Å². The normalized spacial score (nSPS) is 12.2. The van der Waals surface area contributed by atoms with Crippen LogP contribution in [0.4, 0.5) is 0 Å². The zero-order valence-corrected chi connectivity index (χ0v) is 40.1. The van der Waals surface area contributed by atoms with Crippen LogP contribution in [0.1, 0.15) is 105 Å². The Kier molecular flexibility index (Phi) is 17.5. The van der Waals surface area contributed by atoms with Gasteiger partial charge in [-0.05, 0) is 123 Å². The number of benzene rings is 8. The molecular formula is C65H68. The van der Waals surface area contributed by atoms with Crippen LogP contribution in [0.2, 0.25) is 0 Å². The highest BCUT2D eigenvalue weighted by molar-refractivity contribution is 5.87. The summed E-state index contributed by atoms with van der Waals surface area (Å²) < 4.78 is 0. The maximum absolute atomic E-state index is 2.44. The quantitative estimate of drug-likeness (QED) is 0.0950. The van der Waals surface area contributed by atoms with Crippen LogP contribution in [-0.4, -0.2) is 0 Å². The smallest absolute Gasteiger partial charge is 0.0159 e. The summed E-state index contributed by atoms with van der Waals surface area (Å²) in [6.07, 6.45) is 9.34. The van der Waals surface area contributed by atoms with Crippen LogP contribution >= 0.6 is 0 Å². The average molecular weight is 849 g/mol. The molecule has 0 heterocycles. The van der Waals surface area contributed by atoms with Crippen molar-refractivity contribution in [3.05, 3.63) is 263 Å². The maximum Gasteiger partial charge on any atom is 0.0159 e. The van der Waals surface area contributed by atoms with E-state index in [2.05, 4.69) is 242 Å². The third-order valence-corrected chi connectivity index (χ3v) is 12.3. The molecule has 0 aliphatic heterocycles. The lowest BCUT2D eigenvalue weighted by molar-refractivity contribution is 0.660. The van der Waals surface area contributed by atoms with Crippen LogP contribution in [0.5, 0.6) is 0 Å². The molecule has 8 aromatic carbocycles. The van der Waals surface area contributed by atoms with E-state index in [-0.39, 0.29) is 5.41 Å². The largest absolute Gasteiger partial charge is 0.0767 e. The van der Waals surface area contributed by atoms with Gasteiger partial charge in [-0.15, -0.1) is 0 Å². The first kappa shape index (κ1) is 47.7. The number of aryl methyl sites for hydroxylation is 2. The first-order valence-electron chi connectivity index (χ1n) is 23.7. The summed E-state index contributed by atoms with van der Waals surface area (Å²) in [5, 5.41) is 0. The van der Waals surface area contributed by atoms with Crippen LogP contribution in [0, 0.1) is 13.8 Å². The minimum absolute atomic E-state index is 0.0330. The molecule has 0 fully saturated rings. The molecule has 1 aliphatic rings. The van der Waals surface area contributed by atoms with Gasteiger partial charge in [0.25, 0.3) is 0 Å². The van der Waals surface area contributed by atoms with Crippen molar-refractivity contribution in [1.29, 1.82) is 0 Å². The van der Waals surface area contributed by atoms with Gasteiger partial charge in [-0.1, -0.05) is 265 Å². The predicted octanol–water partition coefficient (Wildman–Crippen LogP) is 18.6. The maximum atomic E-state index is 2.44. The fraction of sp³-hybridized carbons (Fsp3) is 0.200. The summed E-state index contributed by atoms with van der Waals surface area (Å²) in [5.74, 6) is 0.